The molecule has 8 nitrogen and oxygen atoms in total. The van der Waals surface area contributed by atoms with Crippen molar-refractivity contribution in [1.82, 2.24) is 0 Å². The van der Waals surface area contributed by atoms with E-state index < -0.39 is 18.1 Å². The molecule has 0 amide bonds. The summed E-state index contributed by atoms with van der Waals surface area (Å²) in [5.41, 5.74) is 0. The van der Waals surface area contributed by atoms with E-state index in [-0.39, 0.29) is 49.1 Å². The fourth-order valence-corrected chi connectivity index (χ4v) is 4.75. The lowest BCUT2D eigenvalue weighted by Crippen LogP contribution is -2.55. The number of esters is 2. The lowest BCUT2D eigenvalue weighted by molar-refractivity contribution is -0.889. The van der Waals surface area contributed by atoms with Crippen LogP contribution in [0.3, 0.4) is 0 Å². The van der Waals surface area contributed by atoms with Crippen molar-refractivity contribution in [3.05, 3.63) is 72.9 Å². The van der Waals surface area contributed by atoms with Gasteiger partial charge in [-0.25, -0.2) is 0 Å². The number of nitrogens with zero attached hydrogens (tertiary/aromatic N) is 1. The molecule has 8 heteroatoms. The second-order valence-electron chi connectivity index (χ2n) is 13.0. The number of ether oxygens (including phenoxy) is 3. The standard InChI is InChI=1S/C41H67NO7/c1-6-8-10-12-14-16-18-19-20-22-23-25-27-29-31-39(43)48-36-37(35-47-34-33-38(41(45)46)42(3,4)5)49-40(44)32-30-28-26-24-21-17-15-13-11-9-7-2/h8-11,14-17,19-20,24,26,37-38H,6-7,12-13,18,21-23,25,27-36H2,1-5H3/b10-8+,11-9+,16-14+,17-15+,20-19+,26-24+. The molecule has 49 heavy (non-hydrogen) atoms. The molecule has 0 radical (unpaired) electrons. The van der Waals surface area contributed by atoms with Crippen LogP contribution in [-0.4, -0.2) is 75.5 Å². The molecule has 0 aromatic rings. The normalized spacial score (nSPS) is 13.9. The zero-order valence-electron chi connectivity index (χ0n) is 31.3. The molecule has 0 spiro atoms. The molecule has 2 unspecified atom stereocenters. The molecule has 0 aliphatic carbocycles. The zero-order chi connectivity index (χ0) is 36.4. The average molecular weight is 686 g/mol. The summed E-state index contributed by atoms with van der Waals surface area (Å²) in [5, 5.41) is 11.6. The predicted octanol–water partition coefficient (Wildman–Crippen LogP) is 7.90. The van der Waals surface area contributed by atoms with Crippen molar-refractivity contribution in [3.8, 4) is 0 Å². The summed E-state index contributed by atoms with van der Waals surface area (Å²) in [6, 6.07) is -0.739. The van der Waals surface area contributed by atoms with Gasteiger partial charge in [-0.3, -0.25) is 9.59 Å². The van der Waals surface area contributed by atoms with Gasteiger partial charge >= 0.3 is 11.9 Å². The summed E-state index contributed by atoms with van der Waals surface area (Å²) in [5.74, 6) is -1.85. The number of hydrogen-bond donors (Lipinski definition) is 0. The Morgan fingerprint density at radius 3 is 1.63 bits per heavy atom. The van der Waals surface area contributed by atoms with Gasteiger partial charge in [0.1, 0.15) is 12.6 Å². The van der Waals surface area contributed by atoms with Crippen LogP contribution >= 0.6 is 0 Å². The predicted molar refractivity (Wildman–Crippen MR) is 199 cm³/mol. The van der Waals surface area contributed by atoms with Gasteiger partial charge in [-0.2, -0.15) is 0 Å². The van der Waals surface area contributed by atoms with E-state index in [1.165, 1.54) is 0 Å². The molecule has 2 atom stereocenters. The SMILES string of the molecule is CC/C=C/C/C=C/C/C=C/CCCCCCC(=O)OCC(COCCC(C(=O)[O-])[N+](C)(C)C)OC(=O)CCC/C=C/C/C=C/C/C=C/CC. The van der Waals surface area contributed by atoms with Gasteiger partial charge in [0.2, 0.25) is 0 Å². The smallest absolute Gasteiger partial charge is 0.306 e. The van der Waals surface area contributed by atoms with Crippen molar-refractivity contribution in [2.45, 2.75) is 129 Å². The van der Waals surface area contributed by atoms with E-state index in [9.17, 15) is 19.5 Å². The summed E-state index contributed by atoms with van der Waals surface area (Å²) in [6.45, 7) is 4.31. The minimum absolute atomic E-state index is 0.00876. The second kappa shape index (κ2) is 32.0. The number of likely N-dealkylation sites (N-methyl/N-ethyl adjacent to an activating group) is 1. The number of rotatable bonds is 31. The first kappa shape index (κ1) is 45.8. The Morgan fingerprint density at radius 2 is 1.10 bits per heavy atom. The Bertz CT molecular complexity index is 1030. The number of carbonyl (C=O) groups is 3. The number of unbranched alkanes of at least 4 members (excludes halogenated alkanes) is 5. The number of carbonyl (C=O) groups excluding carboxylic acids is 3. The molecule has 0 aliphatic rings. The summed E-state index contributed by atoms with van der Waals surface area (Å²) >= 11 is 0. The van der Waals surface area contributed by atoms with Gasteiger partial charge in [-0.15, -0.1) is 0 Å². The van der Waals surface area contributed by atoms with Crippen LogP contribution in [0.4, 0.5) is 0 Å². The Labute approximate surface area is 298 Å². The summed E-state index contributed by atoms with van der Waals surface area (Å²) in [4.78, 5) is 36.6. The highest BCUT2D eigenvalue weighted by Crippen LogP contribution is 2.11. The van der Waals surface area contributed by atoms with Gasteiger partial charge in [0.25, 0.3) is 0 Å². The second-order valence-corrected chi connectivity index (χ2v) is 13.0. The molecule has 278 valence electrons. The van der Waals surface area contributed by atoms with E-state index in [4.69, 9.17) is 14.2 Å². The Balaban J connectivity index is 4.55. The molecule has 0 N–H and O–H groups in total. The van der Waals surface area contributed by atoms with Gasteiger partial charge in [-0.1, -0.05) is 99.6 Å². The topological polar surface area (TPSA) is 102 Å². The Hall–Kier alpha value is -3.23. The van der Waals surface area contributed by atoms with Crippen molar-refractivity contribution in [1.29, 1.82) is 0 Å². The maximum absolute atomic E-state index is 12.6. The highest BCUT2D eigenvalue weighted by molar-refractivity contribution is 5.70. The van der Waals surface area contributed by atoms with E-state index in [1.807, 2.05) is 0 Å². The average Bonchev–Trinajstić information content (AvgIpc) is 3.05. The van der Waals surface area contributed by atoms with Crippen LogP contribution in [0.5, 0.6) is 0 Å². The van der Waals surface area contributed by atoms with Crippen molar-refractivity contribution < 1.29 is 38.2 Å². The Morgan fingerprint density at radius 1 is 0.612 bits per heavy atom. The van der Waals surface area contributed by atoms with E-state index in [1.54, 1.807) is 21.1 Å². The van der Waals surface area contributed by atoms with Gasteiger partial charge in [0.15, 0.2) is 6.10 Å². The molecular formula is C41H67NO7. The molecule has 0 aromatic carbocycles. The van der Waals surface area contributed by atoms with Crippen LogP contribution in [0.15, 0.2) is 72.9 Å². The molecular weight excluding hydrogens is 618 g/mol. The fourth-order valence-electron chi connectivity index (χ4n) is 4.75. The largest absolute Gasteiger partial charge is 0.544 e. The number of carboxylic acid groups (broad SMARTS) is 1. The third-order valence-corrected chi connectivity index (χ3v) is 7.59. The molecule has 0 saturated carbocycles. The van der Waals surface area contributed by atoms with Crippen molar-refractivity contribution in [2.75, 3.05) is 41.0 Å². The number of allylic oxidation sites excluding steroid dienone is 12. The zero-order valence-corrected chi connectivity index (χ0v) is 31.3. The third kappa shape index (κ3) is 30.6. The first-order valence-corrected chi connectivity index (χ1v) is 18.5. The van der Waals surface area contributed by atoms with Crippen LogP contribution in [-0.2, 0) is 28.6 Å². The fraction of sp³-hybridized carbons (Fsp3) is 0.634. The summed E-state index contributed by atoms with van der Waals surface area (Å²) in [6.07, 6.45) is 38.0. The van der Waals surface area contributed by atoms with Gasteiger partial charge in [0, 0.05) is 19.3 Å². The number of aliphatic carboxylic acids is 1. The molecule has 0 bridgehead atoms. The Kier molecular flexibility index (Phi) is 29.9. The lowest BCUT2D eigenvalue weighted by atomic mass is 10.1. The van der Waals surface area contributed by atoms with E-state index in [0.717, 1.165) is 77.0 Å². The maximum atomic E-state index is 12.6. The lowest BCUT2D eigenvalue weighted by Gasteiger charge is -2.34. The quantitative estimate of drug-likeness (QED) is 0.0316. The highest BCUT2D eigenvalue weighted by atomic mass is 16.6. The van der Waals surface area contributed by atoms with Crippen LogP contribution in [0.2, 0.25) is 0 Å². The first-order chi connectivity index (χ1) is 23.6. The monoisotopic (exact) mass is 685 g/mol. The van der Waals surface area contributed by atoms with Crippen LogP contribution in [0.1, 0.15) is 117 Å². The third-order valence-electron chi connectivity index (χ3n) is 7.59. The number of hydrogen-bond acceptors (Lipinski definition) is 7. The number of carboxylic acids is 1. The molecule has 0 rings (SSSR count). The minimum atomic E-state index is -1.14. The maximum Gasteiger partial charge on any atom is 0.306 e. The van der Waals surface area contributed by atoms with E-state index in [2.05, 4.69) is 86.8 Å². The number of quaternary nitrogens is 1. The van der Waals surface area contributed by atoms with Crippen LogP contribution in [0.25, 0.3) is 0 Å². The molecule has 0 heterocycles. The van der Waals surface area contributed by atoms with Gasteiger partial charge in [0.05, 0.1) is 40.3 Å². The molecule has 0 saturated heterocycles. The summed E-state index contributed by atoms with van der Waals surface area (Å²) < 4.78 is 17.0. The van der Waals surface area contributed by atoms with Crippen molar-refractivity contribution in [2.24, 2.45) is 0 Å². The summed E-state index contributed by atoms with van der Waals surface area (Å²) in [7, 11) is 5.36. The van der Waals surface area contributed by atoms with Gasteiger partial charge < -0.3 is 28.6 Å². The first-order valence-electron chi connectivity index (χ1n) is 18.5. The highest BCUT2D eigenvalue weighted by Gasteiger charge is 2.25. The van der Waals surface area contributed by atoms with Crippen molar-refractivity contribution in [3.63, 3.8) is 0 Å². The van der Waals surface area contributed by atoms with E-state index in [0.29, 0.717) is 12.8 Å². The molecule has 0 fully saturated rings. The molecule has 0 aliphatic heterocycles. The van der Waals surface area contributed by atoms with Crippen LogP contribution < -0.4 is 5.11 Å². The van der Waals surface area contributed by atoms with Crippen LogP contribution in [0, 0.1) is 0 Å². The molecule has 0 aromatic heterocycles. The van der Waals surface area contributed by atoms with E-state index >= 15 is 0 Å². The van der Waals surface area contributed by atoms with Crippen molar-refractivity contribution >= 4 is 17.9 Å². The minimum Gasteiger partial charge on any atom is -0.544 e. The van der Waals surface area contributed by atoms with Gasteiger partial charge in [-0.05, 0) is 70.6 Å².